The van der Waals surface area contributed by atoms with Crippen LogP contribution in [-0.4, -0.2) is 209 Å². The minimum Gasteiger partial charge on any atom is -0.388 e. The van der Waals surface area contributed by atoms with E-state index in [1.165, 1.54) is 35.4 Å². The van der Waals surface area contributed by atoms with Gasteiger partial charge in [-0.3, -0.25) is 41.3 Å². The highest BCUT2D eigenvalue weighted by molar-refractivity contribution is 7.87. The monoisotopic (exact) mass is 1580 g/mol. The summed E-state index contributed by atoms with van der Waals surface area (Å²) >= 11 is 0. The third kappa shape index (κ3) is 16.7. The SMILES string of the molecule is CCN1/C(=C/C=C/C=C/C2=[N+](CCCCCC(=O)NCCCn3cc(CNc4ncnc5c4ncn5[C@@H]4O[C@H](COP(=O)(O)OP(=O)(O)OC[C@H]5OC[C@H](O)[C@@H]5O)[C@@H](O)[C@H]4O)nn3)c3ccc4c(S(=O)(=O)O)cc(S(=O)(=O)O)cc4c3C2(C)C)C(C)(C)c2c1ccc1c(S(=O)(=O)O)cc(S(=O)(=O)O)cc21. The van der Waals surface area contributed by atoms with E-state index in [4.69, 9.17) is 14.0 Å². The van der Waals surface area contributed by atoms with Crippen molar-refractivity contribution in [3.63, 3.8) is 0 Å². The number of hydrogen-bond donors (Lipinski definition) is 12. The van der Waals surface area contributed by atoms with Crippen molar-refractivity contribution in [2.45, 2.75) is 153 Å². The second-order valence-corrected chi connectivity index (χ2v) is 34.8. The molecule has 0 spiro atoms. The predicted molar refractivity (Wildman–Crippen MR) is 371 cm³/mol. The minimum atomic E-state index is -5.40. The number of aliphatic hydroxyl groups is 4. The number of allylic oxidation sites excluding steroid dienone is 6. The molecule has 105 heavy (non-hydrogen) atoms. The Morgan fingerprint density at radius 3 is 1.99 bits per heavy atom. The van der Waals surface area contributed by atoms with Gasteiger partial charge in [0, 0.05) is 77.8 Å². The maximum atomic E-state index is 13.1. The van der Waals surface area contributed by atoms with Gasteiger partial charge < -0.3 is 55.2 Å². The fraction of sp³-hybridized carbons (Fsp3) is 0.435. The molecule has 37 nitrogen and oxygen atoms in total. The van der Waals surface area contributed by atoms with Gasteiger partial charge in [-0.2, -0.15) is 42.6 Å². The number of amides is 1. The Kier molecular flexibility index (Phi) is 22.5. The fourth-order valence-corrected chi connectivity index (χ4v) is 18.3. The zero-order valence-electron chi connectivity index (χ0n) is 56.5. The highest BCUT2D eigenvalue weighted by atomic mass is 32.2. The number of imidazole rings is 1. The van der Waals surface area contributed by atoms with Crippen LogP contribution in [0.15, 0.2) is 123 Å². The van der Waals surface area contributed by atoms with Gasteiger partial charge in [-0.25, -0.2) is 24.1 Å². The first kappa shape index (κ1) is 78.8. The van der Waals surface area contributed by atoms with E-state index in [0.29, 0.717) is 97.9 Å². The molecule has 7 heterocycles. The van der Waals surface area contributed by atoms with Crippen LogP contribution in [0.4, 0.5) is 17.2 Å². The molecule has 1 amide bonds. The van der Waals surface area contributed by atoms with Gasteiger partial charge in [0.2, 0.25) is 11.6 Å². The summed E-state index contributed by atoms with van der Waals surface area (Å²) < 4.78 is 196. The van der Waals surface area contributed by atoms with Crippen molar-refractivity contribution in [2.75, 3.05) is 49.7 Å². The van der Waals surface area contributed by atoms with Gasteiger partial charge in [0.15, 0.2) is 28.9 Å². The van der Waals surface area contributed by atoms with E-state index in [2.05, 4.69) is 44.7 Å². The normalized spacial score (nSPS) is 22.8. The lowest BCUT2D eigenvalue weighted by Gasteiger charge is -2.26. The van der Waals surface area contributed by atoms with Gasteiger partial charge in [-0.15, -0.1) is 5.10 Å². The largest absolute Gasteiger partial charge is 0.481 e. The molecular formula is C62H76N11O26P2S4+. The summed E-state index contributed by atoms with van der Waals surface area (Å²) in [7, 11) is -30.7. The highest BCUT2D eigenvalue weighted by Crippen LogP contribution is 2.61. The van der Waals surface area contributed by atoms with Crippen molar-refractivity contribution in [3.05, 3.63) is 120 Å². The van der Waals surface area contributed by atoms with Gasteiger partial charge in [0.05, 0.1) is 54.1 Å². The maximum absolute atomic E-state index is 13.1. The third-order valence-corrected chi connectivity index (χ3v) is 24.5. The number of benzene rings is 4. The summed E-state index contributed by atoms with van der Waals surface area (Å²) in [6, 6.07) is 9.95. The zero-order valence-corrected chi connectivity index (χ0v) is 61.6. The number of rotatable bonds is 30. The molecule has 4 aromatic carbocycles. The first-order valence-corrected chi connectivity index (χ1v) is 41.2. The van der Waals surface area contributed by atoms with Gasteiger partial charge in [0.1, 0.15) is 65.0 Å². The topological polar surface area (TPSA) is 541 Å². The minimum absolute atomic E-state index is 0.00186. The van der Waals surface area contributed by atoms with Crippen molar-refractivity contribution in [1.82, 2.24) is 39.8 Å². The van der Waals surface area contributed by atoms with Crippen LogP contribution in [0.25, 0.3) is 32.7 Å². The number of aliphatic hydroxyl groups excluding tert-OH is 4. The number of aromatic nitrogens is 7. The zero-order chi connectivity index (χ0) is 76.3. The van der Waals surface area contributed by atoms with Gasteiger partial charge in [-0.05, 0) is 98.8 Å². The van der Waals surface area contributed by atoms with Crippen LogP contribution in [0.3, 0.4) is 0 Å². The number of fused-ring (bicyclic) bond motifs is 7. The Labute approximate surface area is 600 Å². The van der Waals surface area contributed by atoms with E-state index in [9.17, 15) is 96.0 Å². The summed E-state index contributed by atoms with van der Waals surface area (Å²) in [5.74, 6) is 0.0292. The number of unbranched alkanes of at least 4 members (excludes halogenated alkanes) is 2. The Balaban J connectivity index is 0.697. The van der Waals surface area contributed by atoms with E-state index in [1.54, 1.807) is 41.2 Å². The summed E-state index contributed by atoms with van der Waals surface area (Å²) in [4.78, 5) is 45.2. The molecule has 2 fully saturated rings. The number of phosphoric ester groups is 2. The number of ether oxygens (including phenoxy) is 2. The van der Waals surface area contributed by atoms with E-state index in [0.717, 1.165) is 11.8 Å². The number of nitrogens with zero attached hydrogens (tertiary/aromatic N) is 9. The molecule has 0 bridgehead atoms. The Morgan fingerprint density at radius 1 is 0.733 bits per heavy atom. The number of likely N-dealkylation sites (N-methyl/N-ethyl adjacent to an activating group) is 1. The summed E-state index contributed by atoms with van der Waals surface area (Å²) in [5, 5.41) is 56.0. The van der Waals surface area contributed by atoms with Crippen molar-refractivity contribution in [2.24, 2.45) is 0 Å². The lowest BCUT2D eigenvalue weighted by Crippen LogP contribution is -2.33. The molecule has 4 aliphatic rings. The van der Waals surface area contributed by atoms with E-state index in [-0.39, 0.29) is 64.0 Å². The standard InChI is InChI=1S/C62H75N11O26P2S4/c1-6-71-42-19-17-38-40(24-36(102(83,84)85)26-47(38)104(89,90)91)52(42)61(2,3)49(71)14-9-7-10-15-50-62(4,5)53-41-25-37(103(86,87)88)27-48(105(92,93)94)39(41)18-20-43(53)72(50)23-12-8-11-16-51(75)63-21-13-22-70-29-35(68-69-70)28-64-58-54-59(66-33-65-58)73(34-67-54)60-57(78)56(77)46(98-60)32-97-101(81,82)99-100(79,80)96-31-45-55(76)44(74)30-95-45/h7,9-10,14-15,17-20,24-27,29,33-34,44-46,55-57,60,74,76-78H,6,8,11-13,16,21-23,28,30-32H2,1-5H3,(H7-,63,64,65,66,75,79,80,81,82,83,84,85,86,87,88,89,90,91,92,93,94)/p+1/t44-,45+,46+,55-,56+,57+,60+/m0/s1. The van der Waals surface area contributed by atoms with Gasteiger partial charge in [0.25, 0.3) is 40.5 Å². The molecule has 9 atom stereocenters. The van der Waals surface area contributed by atoms with Crippen molar-refractivity contribution >= 4 is 118 Å². The van der Waals surface area contributed by atoms with E-state index < -0.39 is 143 Å². The Hall–Kier alpha value is -7.29. The van der Waals surface area contributed by atoms with Crippen LogP contribution < -0.4 is 15.5 Å². The Bertz CT molecular complexity index is 5300. The molecule has 0 saturated carbocycles. The second kappa shape index (κ2) is 30.0. The molecule has 568 valence electrons. The average Bonchev–Trinajstić information content (AvgIpc) is 1.61. The van der Waals surface area contributed by atoms with Crippen molar-refractivity contribution in [1.29, 1.82) is 0 Å². The molecule has 11 rings (SSSR count). The molecule has 7 aromatic rings. The fourth-order valence-electron chi connectivity index (χ4n) is 13.5. The van der Waals surface area contributed by atoms with Crippen LogP contribution in [0, 0.1) is 0 Å². The molecule has 4 aliphatic heterocycles. The number of carbonyl (C=O) groups is 1. The first-order valence-electron chi connectivity index (χ1n) is 32.4. The number of hydrogen-bond acceptors (Lipinski definition) is 27. The van der Waals surface area contributed by atoms with E-state index in [1.807, 2.05) is 56.2 Å². The van der Waals surface area contributed by atoms with Crippen molar-refractivity contribution in [3.8, 4) is 0 Å². The molecule has 2 saturated heterocycles. The quantitative estimate of drug-likeness (QED) is 0.00983. The molecule has 0 aliphatic carbocycles. The average molecular weight is 1580 g/mol. The molecule has 3 aromatic heterocycles. The Morgan fingerprint density at radius 2 is 1.37 bits per heavy atom. The summed E-state index contributed by atoms with van der Waals surface area (Å²) in [6.07, 6.45) is 4.99. The van der Waals surface area contributed by atoms with Crippen LogP contribution >= 0.6 is 15.6 Å². The number of carbonyl (C=O) groups excluding carboxylic acids is 1. The van der Waals surface area contributed by atoms with Gasteiger partial charge in [-0.1, -0.05) is 43.4 Å². The van der Waals surface area contributed by atoms with Crippen molar-refractivity contribution < 1.29 is 123 Å². The second-order valence-electron chi connectivity index (χ2n) is 26.2. The lowest BCUT2D eigenvalue weighted by molar-refractivity contribution is -0.438. The highest BCUT2D eigenvalue weighted by Gasteiger charge is 2.49. The number of aryl methyl sites for hydroxylation is 1. The molecule has 2 unspecified atom stereocenters. The molecule has 43 heteroatoms. The third-order valence-electron chi connectivity index (χ3n) is 18.4. The first-order chi connectivity index (χ1) is 49.1. The summed E-state index contributed by atoms with van der Waals surface area (Å²) in [5.41, 5.74) is 2.54. The molecule has 0 radical (unpaired) electrons. The predicted octanol–water partition coefficient (Wildman–Crippen LogP) is 4.27. The van der Waals surface area contributed by atoms with Crippen LogP contribution in [0.1, 0.15) is 89.8 Å². The van der Waals surface area contributed by atoms with Crippen LogP contribution in [-0.2, 0) is 101 Å². The van der Waals surface area contributed by atoms with Crippen LogP contribution in [0.2, 0.25) is 0 Å². The number of phosphoric acid groups is 2. The molecular weight excluding hydrogens is 1500 g/mol. The lowest BCUT2D eigenvalue weighted by atomic mass is 9.79. The number of anilines is 2. The summed E-state index contributed by atoms with van der Waals surface area (Å²) in [6.45, 7) is 8.83. The van der Waals surface area contributed by atoms with Crippen LogP contribution in [0.5, 0.6) is 0 Å². The van der Waals surface area contributed by atoms with Gasteiger partial charge >= 0.3 is 15.6 Å². The number of nitrogens with one attached hydrogen (secondary N) is 2. The maximum Gasteiger partial charge on any atom is 0.481 e. The van der Waals surface area contributed by atoms with E-state index >= 15 is 0 Å². The molecule has 12 N–H and O–H groups in total. The smallest absolute Gasteiger partial charge is 0.388 e.